The highest BCUT2D eigenvalue weighted by Crippen LogP contribution is 2.35. The smallest absolute Gasteiger partial charge is 0.322 e. The molecule has 1 N–H and O–H groups in total. The number of thioether (sulfide) groups is 1. The van der Waals surface area contributed by atoms with Crippen molar-refractivity contribution in [3.05, 3.63) is 29.8 Å². The number of carbonyl (C=O) groups excluding carboxylic acids is 3. The largest absolute Gasteiger partial charge is 0.418 e. The minimum Gasteiger partial charge on any atom is -0.322 e. The minimum atomic E-state index is -4.58. The quantitative estimate of drug-likeness (QED) is 0.865. The Morgan fingerprint density at radius 1 is 1.24 bits per heavy atom. The Labute approximate surface area is 145 Å². The third kappa shape index (κ3) is 3.58. The monoisotopic (exact) mass is 373 g/mol. The van der Waals surface area contributed by atoms with Crippen LogP contribution < -0.4 is 5.32 Å². The lowest BCUT2D eigenvalue weighted by Crippen LogP contribution is -2.42. The molecule has 0 aliphatic carbocycles. The molecule has 2 heterocycles. The van der Waals surface area contributed by atoms with Gasteiger partial charge in [-0.25, -0.2) is 4.79 Å². The topological polar surface area (TPSA) is 69.7 Å². The van der Waals surface area contributed by atoms with Crippen LogP contribution in [0.3, 0.4) is 0 Å². The second kappa shape index (κ2) is 6.58. The van der Waals surface area contributed by atoms with Gasteiger partial charge in [0.25, 0.3) is 5.24 Å². The molecule has 2 aliphatic rings. The highest BCUT2D eigenvalue weighted by Gasteiger charge is 2.40. The van der Waals surface area contributed by atoms with Crippen LogP contribution >= 0.6 is 11.8 Å². The van der Waals surface area contributed by atoms with E-state index in [0.29, 0.717) is 6.42 Å². The lowest BCUT2D eigenvalue weighted by atomic mass is 10.1. The zero-order chi connectivity index (χ0) is 18.2. The van der Waals surface area contributed by atoms with Gasteiger partial charge >= 0.3 is 12.2 Å². The van der Waals surface area contributed by atoms with E-state index in [9.17, 15) is 27.6 Å². The van der Waals surface area contributed by atoms with Crippen LogP contribution in [0.2, 0.25) is 0 Å². The molecule has 6 nitrogen and oxygen atoms in total. The third-order valence-corrected chi connectivity index (χ3v) is 4.91. The average Bonchev–Trinajstić information content (AvgIpc) is 3.13. The Hall–Kier alpha value is -2.23. The summed E-state index contributed by atoms with van der Waals surface area (Å²) in [5.74, 6) is -0.217. The normalized spacial score (nSPS) is 21.2. The Morgan fingerprint density at radius 2 is 1.96 bits per heavy atom. The van der Waals surface area contributed by atoms with E-state index in [1.165, 1.54) is 23.1 Å². The molecule has 25 heavy (non-hydrogen) atoms. The lowest BCUT2D eigenvalue weighted by Gasteiger charge is -2.22. The maximum Gasteiger partial charge on any atom is 0.418 e. The van der Waals surface area contributed by atoms with E-state index in [-0.39, 0.29) is 35.7 Å². The molecule has 1 aromatic carbocycles. The first-order valence-electron chi connectivity index (χ1n) is 7.48. The summed E-state index contributed by atoms with van der Waals surface area (Å²) in [6.07, 6.45) is -4.17. The van der Waals surface area contributed by atoms with Crippen LogP contribution in [0, 0.1) is 0 Å². The molecule has 2 aliphatic heterocycles. The number of halogens is 3. The summed E-state index contributed by atoms with van der Waals surface area (Å²) in [6, 6.07) is 3.59. The number of benzene rings is 1. The van der Waals surface area contributed by atoms with Crippen LogP contribution in [-0.4, -0.2) is 51.9 Å². The number of nitrogens with zero attached hydrogens (tertiary/aromatic N) is 2. The van der Waals surface area contributed by atoms with Gasteiger partial charge in [0, 0.05) is 13.1 Å². The first-order chi connectivity index (χ1) is 11.8. The first kappa shape index (κ1) is 17.6. The van der Waals surface area contributed by atoms with Crippen molar-refractivity contribution in [3.63, 3.8) is 0 Å². The minimum absolute atomic E-state index is 0.0838. The predicted molar refractivity (Wildman–Crippen MR) is 85.1 cm³/mol. The van der Waals surface area contributed by atoms with Gasteiger partial charge in [0.05, 0.1) is 23.0 Å². The lowest BCUT2D eigenvalue weighted by molar-refractivity contribution is -0.137. The number of imide groups is 1. The van der Waals surface area contributed by atoms with Gasteiger partial charge in [0.2, 0.25) is 5.91 Å². The van der Waals surface area contributed by atoms with Crippen LogP contribution in [-0.2, 0) is 11.0 Å². The van der Waals surface area contributed by atoms with Crippen molar-refractivity contribution in [1.29, 1.82) is 0 Å². The standard InChI is InChI=1S/C15H14F3N3O3S/c16-15(17,18)10-3-1-2-4-11(10)19-13(23)20-6-5-9(7-20)21-12(22)8-25-14(21)24/h1-4,9H,5-8H2,(H,19,23). The molecule has 0 saturated carbocycles. The average molecular weight is 373 g/mol. The maximum atomic E-state index is 13.0. The third-order valence-electron chi connectivity index (χ3n) is 4.07. The fourth-order valence-corrected chi connectivity index (χ4v) is 3.66. The number of urea groups is 1. The summed E-state index contributed by atoms with van der Waals surface area (Å²) < 4.78 is 38.9. The number of anilines is 1. The number of para-hydroxylation sites is 1. The Morgan fingerprint density at radius 3 is 2.60 bits per heavy atom. The Bertz CT molecular complexity index is 709. The van der Waals surface area contributed by atoms with Gasteiger partial charge in [-0.3, -0.25) is 14.5 Å². The van der Waals surface area contributed by atoms with Crippen molar-refractivity contribution in [1.82, 2.24) is 9.80 Å². The SMILES string of the molecule is O=C(Nc1ccccc1C(F)(F)F)N1CCC(N2C(=O)CSC2=O)C1. The molecule has 2 saturated heterocycles. The van der Waals surface area contributed by atoms with E-state index in [0.717, 1.165) is 22.7 Å². The van der Waals surface area contributed by atoms with Gasteiger partial charge in [-0.2, -0.15) is 13.2 Å². The highest BCUT2D eigenvalue weighted by atomic mass is 32.2. The molecule has 4 amide bonds. The molecule has 0 radical (unpaired) electrons. The second-order valence-corrected chi connectivity index (χ2v) is 6.61. The molecule has 134 valence electrons. The molecule has 1 unspecified atom stereocenters. The van der Waals surface area contributed by atoms with Gasteiger partial charge in [-0.15, -0.1) is 0 Å². The van der Waals surface area contributed by atoms with Crippen molar-refractivity contribution < 1.29 is 27.6 Å². The van der Waals surface area contributed by atoms with Gasteiger partial charge < -0.3 is 10.2 Å². The predicted octanol–water partition coefficient (Wildman–Crippen LogP) is 3.01. The van der Waals surface area contributed by atoms with Gasteiger partial charge in [-0.1, -0.05) is 23.9 Å². The summed E-state index contributed by atoms with van der Waals surface area (Å²) in [4.78, 5) is 38.2. The van der Waals surface area contributed by atoms with Crippen LogP contribution in [0.15, 0.2) is 24.3 Å². The van der Waals surface area contributed by atoms with Crippen LogP contribution in [0.4, 0.5) is 28.4 Å². The molecular formula is C15H14F3N3O3S. The van der Waals surface area contributed by atoms with Crippen LogP contribution in [0.25, 0.3) is 0 Å². The van der Waals surface area contributed by atoms with Crippen molar-refractivity contribution in [3.8, 4) is 0 Å². The van der Waals surface area contributed by atoms with Crippen LogP contribution in [0.5, 0.6) is 0 Å². The number of hydrogen-bond acceptors (Lipinski definition) is 4. The number of carbonyl (C=O) groups is 3. The first-order valence-corrected chi connectivity index (χ1v) is 8.47. The van der Waals surface area contributed by atoms with Gasteiger partial charge in [0.1, 0.15) is 0 Å². The summed E-state index contributed by atoms with van der Waals surface area (Å²) in [6.45, 7) is 0.366. The number of likely N-dealkylation sites (tertiary alicyclic amines) is 1. The van der Waals surface area contributed by atoms with E-state index in [2.05, 4.69) is 5.32 Å². The molecule has 10 heteroatoms. The van der Waals surface area contributed by atoms with Crippen molar-refractivity contribution >= 4 is 34.6 Å². The maximum absolute atomic E-state index is 13.0. The van der Waals surface area contributed by atoms with E-state index < -0.39 is 23.8 Å². The van der Waals surface area contributed by atoms with Crippen LogP contribution in [0.1, 0.15) is 12.0 Å². The van der Waals surface area contributed by atoms with Crippen molar-refractivity contribution in [2.24, 2.45) is 0 Å². The molecular weight excluding hydrogens is 359 g/mol. The molecule has 2 fully saturated rings. The molecule has 0 bridgehead atoms. The molecule has 0 aromatic heterocycles. The number of hydrogen-bond donors (Lipinski definition) is 1. The number of amides is 4. The zero-order valence-corrected chi connectivity index (χ0v) is 13.7. The summed E-state index contributed by atoms with van der Waals surface area (Å²) in [7, 11) is 0. The van der Waals surface area contributed by atoms with Gasteiger partial charge in [-0.05, 0) is 18.6 Å². The molecule has 1 atom stereocenters. The summed E-state index contributed by atoms with van der Waals surface area (Å²) in [5, 5.41) is 1.92. The van der Waals surface area contributed by atoms with E-state index >= 15 is 0 Å². The number of rotatable bonds is 2. The zero-order valence-electron chi connectivity index (χ0n) is 12.9. The molecule has 3 rings (SSSR count). The second-order valence-electron chi connectivity index (χ2n) is 5.68. The fourth-order valence-electron chi connectivity index (χ4n) is 2.89. The fraction of sp³-hybridized carbons (Fsp3) is 0.400. The van der Waals surface area contributed by atoms with Gasteiger partial charge in [0.15, 0.2) is 0 Å². The number of alkyl halides is 3. The number of nitrogens with one attached hydrogen (secondary N) is 1. The Kier molecular flexibility index (Phi) is 4.63. The summed E-state index contributed by atoms with van der Waals surface area (Å²) in [5.41, 5.74) is -1.26. The van der Waals surface area contributed by atoms with E-state index in [4.69, 9.17) is 0 Å². The highest BCUT2D eigenvalue weighted by molar-refractivity contribution is 8.14. The van der Waals surface area contributed by atoms with E-state index in [1.54, 1.807) is 0 Å². The molecule has 1 aromatic rings. The summed E-state index contributed by atoms with van der Waals surface area (Å²) >= 11 is 0.911. The van der Waals surface area contributed by atoms with E-state index in [1.807, 2.05) is 0 Å². The van der Waals surface area contributed by atoms with Crippen molar-refractivity contribution in [2.45, 2.75) is 18.6 Å². The Balaban J connectivity index is 1.68. The van der Waals surface area contributed by atoms with Crippen molar-refractivity contribution in [2.75, 3.05) is 24.2 Å². The molecule has 0 spiro atoms.